The van der Waals surface area contributed by atoms with Crippen LogP contribution in [0.3, 0.4) is 0 Å². The largest absolute Gasteiger partial charge is 0.341 e. The third-order valence-corrected chi connectivity index (χ3v) is 5.48. The number of carbonyl (C=O) groups excluding carboxylic acids is 2. The molecule has 24 heavy (non-hydrogen) atoms. The monoisotopic (exact) mass is 327 g/mol. The summed E-state index contributed by atoms with van der Waals surface area (Å²) in [6, 6.07) is 8.46. The van der Waals surface area contributed by atoms with Crippen LogP contribution < -0.4 is 5.32 Å². The molecular weight excluding hydrogens is 302 g/mol. The number of amides is 3. The van der Waals surface area contributed by atoms with E-state index in [0.29, 0.717) is 31.5 Å². The Labute approximate surface area is 143 Å². The van der Waals surface area contributed by atoms with Gasteiger partial charge in [0.05, 0.1) is 0 Å². The van der Waals surface area contributed by atoms with Crippen LogP contribution in [0.2, 0.25) is 0 Å². The predicted molar refractivity (Wildman–Crippen MR) is 91.8 cm³/mol. The summed E-state index contributed by atoms with van der Waals surface area (Å²) in [4.78, 5) is 28.4. The highest BCUT2D eigenvalue weighted by atomic mass is 16.2. The first-order chi connectivity index (χ1) is 11.7. The lowest BCUT2D eigenvalue weighted by Crippen LogP contribution is -2.44. The van der Waals surface area contributed by atoms with Crippen LogP contribution in [0.5, 0.6) is 0 Å². The molecule has 0 aromatic heterocycles. The van der Waals surface area contributed by atoms with Crippen LogP contribution in [-0.2, 0) is 11.2 Å². The van der Waals surface area contributed by atoms with Crippen LogP contribution in [-0.4, -0.2) is 54.5 Å². The zero-order valence-corrected chi connectivity index (χ0v) is 14.0. The van der Waals surface area contributed by atoms with Crippen molar-refractivity contribution < 1.29 is 9.59 Å². The standard InChI is InChI=1S/C19H25N3O2/c23-18(14-6-7-14)21-8-3-9-22(11-10-21)19(24)20-13-16-12-15-4-1-2-5-17(15)16/h1-2,4-5,14,16H,3,6-13H2,(H,20,24)/t16-/m1/s1. The second kappa shape index (κ2) is 6.46. The lowest BCUT2D eigenvalue weighted by molar-refractivity contribution is -0.132. The van der Waals surface area contributed by atoms with Gasteiger partial charge in [-0.2, -0.15) is 0 Å². The first-order valence-electron chi connectivity index (χ1n) is 9.12. The first kappa shape index (κ1) is 15.5. The van der Waals surface area contributed by atoms with Gasteiger partial charge in [-0.1, -0.05) is 24.3 Å². The minimum Gasteiger partial charge on any atom is -0.341 e. The molecule has 0 radical (unpaired) electrons. The summed E-state index contributed by atoms with van der Waals surface area (Å²) in [5.41, 5.74) is 2.77. The van der Waals surface area contributed by atoms with Crippen LogP contribution in [0.1, 0.15) is 36.3 Å². The normalized spacial score (nSPS) is 23.1. The summed E-state index contributed by atoms with van der Waals surface area (Å²) < 4.78 is 0. The van der Waals surface area contributed by atoms with E-state index in [1.807, 2.05) is 9.80 Å². The van der Waals surface area contributed by atoms with Crippen molar-refractivity contribution >= 4 is 11.9 Å². The number of nitrogens with one attached hydrogen (secondary N) is 1. The van der Waals surface area contributed by atoms with Gasteiger partial charge in [0.2, 0.25) is 5.91 Å². The topological polar surface area (TPSA) is 52.7 Å². The highest BCUT2D eigenvalue weighted by Gasteiger charge is 2.34. The Hall–Kier alpha value is -2.04. The number of hydrogen-bond donors (Lipinski definition) is 1. The van der Waals surface area contributed by atoms with Crippen LogP contribution in [0, 0.1) is 5.92 Å². The minimum absolute atomic E-state index is 0.0140. The van der Waals surface area contributed by atoms with Crippen LogP contribution in [0.15, 0.2) is 24.3 Å². The van der Waals surface area contributed by atoms with Crippen molar-refractivity contribution in [2.75, 3.05) is 32.7 Å². The fraction of sp³-hybridized carbons (Fsp3) is 0.579. The molecule has 3 aliphatic rings. The van der Waals surface area contributed by atoms with E-state index in [1.165, 1.54) is 11.1 Å². The van der Waals surface area contributed by atoms with E-state index in [0.717, 1.165) is 38.8 Å². The molecule has 2 aliphatic carbocycles. The van der Waals surface area contributed by atoms with Crippen molar-refractivity contribution in [3.05, 3.63) is 35.4 Å². The number of rotatable bonds is 3. The SMILES string of the molecule is O=C(NC[C@H]1Cc2ccccc21)N1CCCN(C(=O)C2CC2)CC1. The Bertz CT molecular complexity index is 641. The van der Waals surface area contributed by atoms with E-state index in [2.05, 4.69) is 29.6 Å². The molecule has 0 bridgehead atoms. The minimum atomic E-state index is 0.0140. The molecule has 5 heteroatoms. The van der Waals surface area contributed by atoms with Crippen LogP contribution in [0.25, 0.3) is 0 Å². The number of fused-ring (bicyclic) bond motifs is 1. The molecule has 0 unspecified atom stereocenters. The van der Waals surface area contributed by atoms with Gasteiger partial charge in [-0.25, -0.2) is 4.79 Å². The van der Waals surface area contributed by atoms with E-state index in [9.17, 15) is 9.59 Å². The van der Waals surface area contributed by atoms with Crippen LogP contribution >= 0.6 is 0 Å². The Morgan fingerprint density at radius 2 is 1.79 bits per heavy atom. The molecule has 3 amide bonds. The molecule has 1 aromatic rings. The molecule has 0 spiro atoms. The summed E-state index contributed by atoms with van der Waals surface area (Å²) >= 11 is 0. The zero-order chi connectivity index (χ0) is 16.5. The van der Waals surface area contributed by atoms with E-state index >= 15 is 0 Å². The Kier molecular flexibility index (Phi) is 4.17. The Morgan fingerprint density at radius 3 is 2.58 bits per heavy atom. The highest BCUT2D eigenvalue weighted by Crippen LogP contribution is 2.34. The summed E-state index contributed by atoms with van der Waals surface area (Å²) in [5.74, 6) is 1.01. The van der Waals surface area contributed by atoms with Crippen molar-refractivity contribution in [1.82, 2.24) is 15.1 Å². The third kappa shape index (κ3) is 3.12. The van der Waals surface area contributed by atoms with E-state index < -0.39 is 0 Å². The average molecular weight is 327 g/mol. The fourth-order valence-electron chi connectivity index (χ4n) is 3.80. The fourth-order valence-corrected chi connectivity index (χ4v) is 3.80. The summed E-state index contributed by atoms with van der Waals surface area (Å²) in [6.45, 7) is 3.55. The van der Waals surface area contributed by atoms with Gasteiger partial charge in [0.15, 0.2) is 0 Å². The second-order valence-electron chi connectivity index (χ2n) is 7.23. The number of urea groups is 1. The highest BCUT2D eigenvalue weighted by molar-refractivity contribution is 5.81. The number of benzene rings is 1. The van der Waals surface area contributed by atoms with Crippen LogP contribution in [0.4, 0.5) is 4.79 Å². The Morgan fingerprint density at radius 1 is 1.04 bits per heavy atom. The van der Waals surface area contributed by atoms with Crippen molar-refractivity contribution in [1.29, 1.82) is 0 Å². The smallest absolute Gasteiger partial charge is 0.317 e. The van der Waals surface area contributed by atoms with Gasteiger partial charge in [0, 0.05) is 44.6 Å². The first-order valence-corrected chi connectivity index (χ1v) is 9.12. The second-order valence-corrected chi connectivity index (χ2v) is 7.23. The average Bonchev–Trinajstić information content (AvgIpc) is 3.41. The van der Waals surface area contributed by atoms with Crippen molar-refractivity contribution in [3.8, 4) is 0 Å². The molecule has 1 heterocycles. The van der Waals surface area contributed by atoms with Crippen molar-refractivity contribution in [2.45, 2.75) is 31.6 Å². The Balaban J connectivity index is 1.25. The molecule has 1 saturated carbocycles. The number of nitrogens with zero attached hydrogens (tertiary/aromatic N) is 2. The summed E-state index contributed by atoms with van der Waals surface area (Å²) in [5, 5.41) is 3.09. The van der Waals surface area contributed by atoms with Gasteiger partial charge in [-0.05, 0) is 36.8 Å². The lowest BCUT2D eigenvalue weighted by atomic mass is 9.78. The van der Waals surface area contributed by atoms with Crippen molar-refractivity contribution in [3.63, 3.8) is 0 Å². The molecule has 5 nitrogen and oxygen atoms in total. The predicted octanol–water partition coefficient (Wildman–Crippen LogP) is 1.98. The lowest BCUT2D eigenvalue weighted by Gasteiger charge is -2.31. The number of hydrogen-bond acceptors (Lipinski definition) is 2. The van der Waals surface area contributed by atoms with Gasteiger partial charge in [-0.3, -0.25) is 4.79 Å². The molecule has 1 atom stereocenters. The third-order valence-electron chi connectivity index (χ3n) is 5.48. The quantitative estimate of drug-likeness (QED) is 0.923. The van der Waals surface area contributed by atoms with Gasteiger partial charge in [0.25, 0.3) is 0 Å². The molecule has 4 rings (SSSR count). The van der Waals surface area contributed by atoms with Gasteiger partial charge in [0.1, 0.15) is 0 Å². The molecular formula is C19H25N3O2. The molecule has 2 fully saturated rings. The molecule has 1 aliphatic heterocycles. The maximum absolute atomic E-state index is 12.4. The molecule has 1 saturated heterocycles. The van der Waals surface area contributed by atoms with Gasteiger partial charge >= 0.3 is 6.03 Å². The van der Waals surface area contributed by atoms with E-state index in [-0.39, 0.29) is 11.9 Å². The zero-order valence-electron chi connectivity index (χ0n) is 14.0. The molecule has 128 valence electrons. The molecule has 1 aromatic carbocycles. The van der Waals surface area contributed by atoms with Gasteiger partial charge in [-0.15, -0.1) is 0 Å². The van der Waals surface area contributed by atoms with Crippen molar-refractivity contribution in [2.24, 2.45) is 5.92 Å². The van der Waals surface area contributed by atoms with E-state index in [1.54, 1.807) is 0 Å². The summed E-state index contributed by atoms with van der Waals surface area (Å²) in [7, 11) is 0. The van der Waals surface area contributed by atoms with E-state index in [4.69, 9.17) is 0 Å². The molecule has 1 N–H and O–H groups in total. The van der Waals surface area contributed by atoms with Gasteiger partial charge < -0.3 is 15.1 Å². The summed E-state index contributed by atoms with van der Waals surface area (Å²) in [6.07, 6.45) is 4.02. The maximum atomic E-state index is 12.4. The maximum Gasteiger partial charge on any atom is 0.317 e. The number of carbonyl (C=O) groups is 2.